The summed E-state index contributed by atoms with van der Waals surface area (Å²) in [7, 11) is 0. The van der Waals surface area contributed by atoms with Crippen molar-refractivity contribution in [1.82, 2.24) is 16.0 Å². The predicted molar refractivity (Wildman–Crippen MR) is 127 cm³/mol. The molecule has 11 heteroatoms. The highest BCUT2D eigenvalue weighted by Gasteiger charge is 2.28. The van der Waals surface area contributed by atoms with Crippen LogP contribution in [0.15, 0.2) is 46.8 Å². The summed E-state index contributed by atoms with van der Waals surface area (Å²) in [6.45, 7) is 2.86. The van der Waals surface area contributed by atoms with Gasteiger partial charge >= 0.3 is 6.18 Å². The van der Waals surface area contributed by atoms with E-state index in [1.165, 1.54) is 23.5 Å². The Morgan fingerprint density at radius 1 is 1.10 bits per heavy atom. The minimum absolute atomic E-state index is 0. The summed E-state index contributed by atoms with van der Waals surface area (Å²) < 4.78 is 41.2. The second kappa shape index (κ2) is 14.1. The van der Waals surface area contributed by atoms with Gasteiger partial charge in [-0.05, 0) is 42.5 Å². The number of guanidine groups is 1. The molecule has 0 saturated carbocycles. The number of nitrogens with one attached hydrogen (secondary N) is 3. The van der Waals surface area contributed by atoms with Crippen molar-refractivity contribution in [2.75, 3.05) is 26.2 Å². The fraction of sp³-hybridized carbons (Fsp3) is 0.400. The average Bonchev–Trinajstić information content (AvgIpc) is 3.25. The lowest BCUT2D eigenvalue weighted by atomic mass is 10.2. The number of amides is 1. The standard InChI is InChI=1S/C20H25F3N4O2S.HI/c1-2-24-19(26-11-4-10-25-18(28)17-5-3-12-30-17)27-13-15-6-8-16(9-7-15)29-14-20(21,22)23;/h3,5-9,12H,2,4,10-11,13-14H2,1H3,(H,25,28)(H2,24,26,27);1H. The Bertz CT molecular complexity index is 800. The van der Waals surface area contributed by atoms with Crippen LogP contribution in [0.25, 0.3) is 0 Å². The van der Waals surface area contributed by atoms with Gasteiger partial charge in [-0.15, -0.1) is 35.3 Å². The Hall–Kier alpha value is -2.02. The third-order valence-electron chi connectivity index (χ3n) is 3.77. The van der Waals surface area contributed by atoms with Gasteiger partial charge in [-0.25, -0.2) is 4.99 Å². The van der Waals surface area contributed by atoms with Crippen molar-refractivity contribution in [3.8, 4) is 5.75 Å². The highest BCUT2D eigenvalue weighted by Crippen LogP contribution is 2.19. The third-order valence-corrected chi connectivity index (χ3v) is 4.63. The molecule has 0 aliphatic heterocycles. The van der Waals surface area contributed by atoms with Gasteiger partial charge < -0.3 is 20.7 Å². The molecule has 172 valence electrons. The number of hydrogen-bond donors (Lipinski definition) is 3. The van der Waals surface area contributed by atoms with Crippen LogP contribution in [0.5, 0.6) is 5.75 Å². The number of thiophene rings is 1. The summed E-state index contributed by atoms with van der Waals surface area (Å²) >= 11 is 1.40. The van der Waals surface area contributed by atoms with Crippen LogP contribution in [0.4, 0.5) is 13.2 Å². The smallest absolute Gasteiger partial charge is 0.422 e. The number of halogens is 4. The molecule has 1 aromatic carbocycles. The van der Waals surface area contributed by atoms with Gasteiger partial charge in [0.15, 0.2) is 12.6 Å². The zero-order valence-corrected chi connectivity index (χ0v) is 20.1. The molecule has 0 fully saturated rings. The molecule has 31 heavy (non-hydrogen) atoms. The highest BCUT2D eigenvalue weighted by molar-refractivity contribution is 14.0. The molecule has 0 bridgehead atoms. The van der Waals surface area contributed by atoms with E-state index in [-0.39, 0.29) is 35.6 Å². The van der Waals surface area contributed by atoms with E-state index in [0.717, 1.165) is 12.0 Å². The van der Waals surface area contributed by atoms with E-state index < -0.39 is 12.8 Å². The Labute approximate surface area is 200 Å². The monoisotopic (exact) mass is 570 g/mol. The number of benzene rings is 1. The van der Waals surface area contributed by atoms with E-state index in [0.29, 0.717) is 37.0 Å². The molecule has 1 amide bonds. The zero-order chi connectivity index (χ0) is 21.8. The maximum absolute atomic E-state index is 12.2. The van der Waals surface area contributed by atoms with Crippen molar-refractivity contribution in [3.05, 3.63) is 52.2 Å². The topological polar surface area (TPSA) is 74.8 Å². The van der Waals surface area contributed by atoms with E-state index >= 15 is 0 Å². The van der Waals surface area contributed by atoms with Crippen LogP contribution < -0.4 is 20.7 Å². The summed E-state index contributed by atoms with van der Waals surface area (Å²) in [4.78, 5) is 17.0. The molecule has 0 atom stereocenters. The molecule has 0 aliphatic carbocycles. The fourth-order valence-electron chi connectivity index (χ4n) is 2.36. The molecular formula is C20H26F3IN4O2S. The average molecular weight is 570 g/mol. The van der Waals surface area contributed by atoms with Gasteiger partial charge in [-0.1, -0.05) is 18.2 Å². The van der Waals surface area contributed by atoms with Gasteiger partial charge in [0.05, 0.1) is 11.4 Å². The summed E-state index contributed by atoms with van der Waals surface area (Å²) in [6, 6.07) is 9.96. The van der Waals surface area contributed by atoms with Crippen molar-refractivity contribution in [2.24, 2.45) is 4.99 Å². The minimum Gasteiger partial charge on any atom is -0.484 e. The van der Waals surface area contributed by atoms with Gasteiger partial charge in [0.25, 0.3) is 5.91 Å². The number of ether oxygens (including phenoxy) is 1. The van der Waals surface area contributed by atoms with E-state index in [1.807, 2.05) is 18.4 Å². The molecule has 0 unspecified atom stereocenters. The molecular weight excluding hydrogens is 544 g/mol. The molecule has 3 N–H and O–H groups in total. The lowest BCUT2D eigenvalue weighted by Crippen LogP contribution is -2.38. The first kappa shape index (κ1) is 27.0. The quantitative estimate of drug-likeness (QED) is 0.174. The van der Waals surface area contributed by atoms with Gasteiger partial charge in [0, 0.05) is 19.6 Å². The zero-order valence-electron chi connectivity index (χ0n) is 17.0. The van der Waals surface area contributed by atoms with Crippen LogP contribution in [-0.2, 0) is 6.54 Å². The molecule has 1 heterocycles. The van der Waals surface area contributed by atoms with Crippen molar-refractivity contribution in [3.63, 3.8) is 0 Å². The lowest BCUT2D eigenvalue weighted by molar-refractivity contribution is -0.153. The fourth-order valence-corrected chi connectivity index (χ4v) is 3.00. The normalized spacial score (nSPS) is 11.4. The molecule has 1 aromatic heterocycles. The van der Waals surface area contributed by atoms with Crippen molar-refractivity contribution < 1.29 is 22.7 Å². The van der Waals surface area contributed by atoms with Crippen LogP contribution in [0.2, 0.25) is 0 Å². The number of rotatable bonds is 10. The maximum atomic E-state index is 12.2. The Balaban J connectivity index is 0.00000480. The Kier molecular flexibility index (Phi) is 12.3. The van der Waals surface area contributed by atoms with Crippen LogP contribution in [-0.4, -0.2) is 44.3 Å². The molecule has 0 saturated heterocycles. The lowest BCUT2D eigenvalue weighted by Gasteiger charge is -2.12. The molecule has 0 radical (unpaired) electrons. The molecule has 0 spiro atoms. The number of carbonyl (C=O) groups excluding carboxylic acids is 1. The predicted octanol–water partition coefficient (Wildman–Crippen LogP) is 4.18. The van der Waals surface area contributed by atoms with Crippen molar-refractivity contribution >= 4 is 47.2 Å². The maximum Gasteiger partial charge on any atom is 0.422 e. The minimum atomic E-state index is -4.36. The van der Waals surface area contributed by atoms with Crippen LogP contribution in [0, 0.1) is 0 Å². The highest BCUT2D eigenvalue weighted by atomic mass is 127. The second-order valence-corrected chi connectivity index (χ2v) is 7.20. The van der Waals surface area contributed by atoms with Crippen LogP contribution in [0.3, 0.4) is 0 Å². The second-order valence-electron chi connectivity index (χ2n) is 6.26. The van der Waals surface area contributed by atoms with Gasteiger partial charge in [-0.3, -0.25) is 4.79 Å². The number of aliphatic imine (C=N–C) groups is 1. The van der Waals surface area contributed by atoms with E-state index in [9.17, 15) is 18.0 Å². The number of carbonyl (C=O) groups is 1. The van der Waals surface area contributed by atoms with Crippen LogP contribution >= 0.6 is 35.3 Å². The van der Waals surface area contributed by atoms with E-state index in [4.69, 9.17) is 4.74 Å². The van der Waals surface area contributed by atoms with Crippen LogP contribution in [0.1, 0.15) is 28.6 Å². The summed E-state index contributed by atoms with van der Waals surface area (Å²) in [5, 5.41) is 11.0. The van der Waals surface area contributed by atoms with Crippen molar-refractivity contribution in [2.45, 2.75) is 26.1 Å². The van der Waals surface area contributed by atoms with Gasteiger partial charge in [0.1, 0.15) is 5.75 Å². The third kappa shape index (κ3) is 11.2. The Morgan fingerprint density at radius 2 is 1.81 bits per heavy atom. The first-order chi connectivity index (χ1) is 14.4. The van der Waals surface area contributed by atoms with E-state index in [2.05, 4.69) is 20.9 Å². The number of nitrogens with zero attached hydrogens (tertiary/aromatic N) is 1. The van der Waals surface area contributed by atoms with E-state index in [1.54, 1.807) is 18.2 Å². The molecule has 0 aliphatic rings. The number of alkyl halides is 3. The summed E-state index contributed by atoms with van der Waals surface area (Å²) in [6.07, 6.45) is -3.63. The molecule has 2 rings (SSSR count). The first-order valence-electron chi connectivity index (χ1n) is 9.50. The molecule has 6 nitrogen and oxygen atoms in total. The van der Waals surface area contributed by atoms with Gasteiger partial charge in [-0.2, -0.15) is 13.2 Å². The summed E-state index contributed by atoms with van der Waals surface area (Å²) in [5.74, 6) is 0.711. The summed E-state index contributed by atoms with van der Waals surface area (Å²) in [5.41, 5.74) is 0.842. The SMILES string of the molecule is CCNC(=NCc1ccc(OCC(F)(F)F)cc1)NCCCNC(=O)c1cccs1.I. The van der Waals surface area contributed by atoms with Gasteiger partial charge in [0.2, 0.25) is 0 Å². The molecule has 2 aromatic rings. The Morgan fingerprint density at radius 3 is 2.42 bits per heavy atom. The van der Waals surface area contributed by atoms with Crippen molar-refractivity contribution in [1.29, 1.82) is 0 Å². The first-order valence-corrected chi connectivity index (χ1v) is 10.4. The largest absolute Gasteiger partial charge is 0.484 e. The number of hydrogen-bond acceptors (Lipinski definition) is 4.